The summed E-state index contributed by atoms with van der Waals surface area (Å²) in [5.41, 5.74) is 6.43. The Morgan fingerprint density at radius 1 is 0.952 bits per heavy atom. The van der Waals surface area contributed by atoms with Gasteiger partial charge >= 0.3 is 0 Å². The van der Waals surface area contributed by atoms with E-state index < -0.39 is 0 Å². The lowest BCUT2D eigenvalue weighted by Crippen LogP contribution is -2.19. The summed E-state index contributed by atoms with van der Waals surface area (Å²) < 4.78 is 6.45. The predicted octanol–water partition coefficient (Wildman–Crippen LogP) is 4.69. The van der Waals surface area contributed by atoms with E-state index in [1.165, 1.54) is 27.8 Å². The minimum absolute atomic E-state index is 0.133. The molecule has 0 heterocycles. The Hall–Kier alpha value is -1.32. The molecular formula is C18H22BrNO. The highest BCUT2D eigenvalue weighted by atomic mass is 79.9. The standard InChI is InChI=1S/C18H22BrNO/c1-11-8-13(3)15(9-12(11)2)18(20-4)16-10-14(21-5)6-7-17(16)19/h6-10,18,20H,1-5H3. The van der Waals surface area contributed by atoms with Crippen molar-refractivity contribution < 1.29 is 4.74 Å². The smallest absolute Gasteiger partial charge is 0.119 e. The monoisotopic (exact) mass is 347 g/mol. The van der Waals surface area contributed by atoms with Crippen LogP contribution in [0.25, 0.3) is 0 Å². The molecule has 0 aliphatic carbocycles. The van der Waals surface area contributed by atoms with E-state index in [1.807, 2.05) is 19.2 Å². The average Bonchev–Trinajstić information content (AvgIpc) is 2.47. The van der Waals surface area contributed by atoms with Crippen molar-refractivity contribution in [3.8, 4) is 5.75 Å². The summed E-state index contributed by atoms with van der Waals surface area (Å²) in [6, 6.07) is 10.7. The molecule has 0 fully saturated rings. The van der Waals surface area contributed by atoms with E-state index >= 15 is 0 Å². The highest BCUT2D eigenvalue weighted by molar-refractivity contribution is 9.10. The molecule has 2 aromatic carbocycles. The van der Waals surface area contributed by atoms with Gasteiger partial charge in [0.1, 0.15) is 5.75 Å². The molecule has 2 rings (SSSR count). The molecule has 0 saturated heterocycles. The minimum Gasteiger partial charge on any atom is -0.497 e. The quantitative estimate of drug-likeness (QED) is 0.865. The van der Waals surface area contributed by atoms with E-state index in [1.54, 1.807) is 7.11 Å². The van der Waals surface area contributed by atoms with E-state index in [0.717, 1.165) is 10.2 Å². The van der Waals surface area contributed by atoms with Crippen molar-refractivity contribution in [2.24, 2.45) is 0 Å². The number of methoxy groups -OCH3 is 1. The highest BCUT2D eigenvalue weighted by Gasteiger charge is 2.18. The third-order valence-electron chi connectivity index (χ3n) is 4.00. The predicted molar refractivity (Wildman–Crippen MR) is 92.2 cm³/mol. The summed E-state index contributed by atoms with van der Waals surface area (Å²) in [6.07, 6.45) is 0. The second kappa shape index (κ2) is 6.63. The third-order valence-corrected chi connectivity index (χ3v) is 4.72. The Morgan fingerprint density at radius 2 is 1.62 bits per heavy atom. The van der Waals surface area contributed by atoms with Crippen molar-refractivity contribution in [1.29, 1.82) is 0 Å². The van der Waals surface area contributed by atoms with Crippen LogP contribution in [0.3, 0.4) is 0 Å². The molecule has 0 spiro atoms. The number of nitrogens with one attached hydrogen (secondary N) is 1. The zero-order chi connectivity index (χ0) is 15.6. The second-order valence-electron chi connectivity index (χ2n) is 5.40. The van der Waals surface area contributed by atoms with Crippen LogP contribution in [0.2, 0.25) is 0 Å². The summed E-state index contributed by atoms with van der Waals surface area (Å²) in [6.45, 7) is 6.48. The molecule has 21 heavy (non-hydrogen) atoms. The Kier molecular flexibility index (Phi) is 5.07. The van der Waals surface area contributed by atoms with Gasteiger partial charge in [-0.2, -0.15) is 0 Å². The number of aryl methyl sites for hydroxylation is 3. The minimum atomic E-state index is 0.133. The maximum atomic E-state index is 5.36. The van der Waals surface area contributed by atoms with E-state index in [0.29, 0.717) is 0 Å². The van der Waals surface area contributed by atoms with Gasteiger partial charge in [-0.3, -0.25) is 0 Å². The van der Waals surface area contributed by atoms with Gasteiger partial charge in [0.05, 0.1) is 13.2 Å². The van der Waals surface area contributed by atoms with Crippen LogP contribution in [0.5, 0.6) is 5.75 Å². The molecule has 0 amide bonds. The Labute approximate surface area is 135 Å². The van der Waals surface area contributed by atoms with Crippen LogP contribution >= 0.6 is 15.9 Å². The van der Waals surface area contributed by atoms with Crippen LogP contribution in [-0.4, -0.2) is 14.2 Å². The number of hydrogen-bond donors (Lipinski definition) is 1. The molecule has 2 nitrogen and oxygen atoms in total. The van der Waals surface area contributed by atoms with Crippen LogP contribution in [0.4, 0.5) is 0 Å². The van der Waals surface area contributed by atoms with Crippen molar-refractivity contribution in [3.05, 3.63) is 62.6 Å². The zero-order valence-corrected chi connectivity index (χ0v) is 14.8. The maximum Gasteiger partial charge on any atom is 0.119 e. The number of halogens is 1. The summed E-state index contributed by atoms with van der Waals surface area (Å²) in [5.74, 6) is 0.870. The number of hydrogen-bond acceptors (Lipinski definition) is 2. The topological polar surface area (TPSA) is 21.3 Å². The molecule has 1 unspecified atom stereocenters. The molecule has 0 aliphatic rings. The summed E-state index contributed by atoms with van der Waals surface area (Å²) in [4.78, 5) is 0. The fourth-order valence-electron chi connectivity index (χ4n) is 2.64. The lowest BCUT2D eigenvalue weighted by molar-refractivity contribution is 0.413. The summed E-state index contributed by atoms with van der Waals surface area (Å²) in [7, 11) is 3.69. The fraction of sp³-hybridized carbons (Fsp3) is 0.333. The first-order chi connectivity index (χ1) is 9.97. The first-order valence-electron chi connectivity index (χ1n) is 7.06. The Balaban J connectivity index is 2.57. The SMILES string of the molecule is CNC(c1cc(C)c(C)cc1C)c1cc(OC)ccc1Br. The number of benzene rings is 2. The Bertz CT molecular complexity index is 652. The summed E-state index contributed by atoms with van der Waals surface area (Å²) in [5, 5.41) is 3.43. The van der Waals surface area contributed by atoms with Crippen molar-refractivity contribution in [1.82, 2.24) is 5.32 Å². The lowest BCUT2D eigenvalue weighted by atomic mass is 9.91. The van der Waals surface area contributed by atoms with Gasteiger partial charge in [0.15, 0.2) is 0 Å². The van der Waals surface area contributed by atoms with Crippen molar-refractivity contribution in [3.63, 3.8) is 0 Å². The Morgan fingerprint density at radius 3 is 2.24 bits per heavy atom. The molecular weight excluding hydrogens is 326 g/mol. The molecule has 0 radical (unpaired) electrons. The maximum absolute atomic E-state index is 5.36. The van der Waals surface area contributed by atoms with Gasteiger partial charge in [-0.15, -0.1) is 0 Å². The van der Waals surface area contributed by atoms with E-state index in [4.69, 9.17) is 4.74 Å². The summed E-state index contributed by atoms with van der Waals surface area (Å²) >= 11 is 3.66. The normalized spacial score (nSPS) is 12.3. The van der Waals surface area contributed by atoms with Gasteiger partial charge in [0.25, 0.3) is 0 Å². The average molecular weight is 348 g/mol. The van der Waals surface area contributed by atoms with Crippen molar-refractivity contribution in [2.75, 3.05) is 14.2 Å². The highest BCUT2D eigenvalue weighted by Crippen LogP contribution is 2.33. The largest absolute Gasteiger partial charge is 0.497 e. The first kappa shape index (κ1) is 16.1. The lowest BCUT2D eigenvalue weighted by Gasteiger charge is -2.22. The number of ether oxygens (including phenoxy) is 1. The van der Waals surface area contributed by atoms with Crippen LogP contribution in [0.15, 0.2) is 34.8 Å². The van der Waals surface area contributed by atoms with E-state index in [9.17, 15) is 0 Å². The molecule has 0 aliphatic heterocycles. The first-order valence-corrected chi connectivity index (χ1v) is 7.85. The van der Waals surface area contributed by atoms with Crippen LogP contribution in [0, 0.1) is 20.8 Å². The van der Waals surface area contributed by atoms with Gasteiger partial charge in [-0.1, -0.05) is 28.1 Å². The molecule has 112 valence electrons. The van der Waals surface area contributed by atoms with Gasteiger partial charge in [-0.25, -0.2) is 0 Å². The second-order valence-corrected chi connectivity index (χ2v) is 6.26. The van der Waals surface area contributed by atoms with Gasteiger partial charge in [0, 0.05) is 4.47 Å². The van der Waals surface area contributed by atoms with Gasteiger partial charge < -0.3 is 10.1 Å². The molecule has 2 aromatic rings. The van der Waals surface area contributed by atoms with Crippen LogP contribution in [-0.2, 0) is 0 Å². The van der Waals surface area contributed by atoms with Crippen LogP contribution < -0.4 is 10.1 Å². The van der Waals surface area contributed by atoms with E-state index in [2.05, 4.69) is 60.2 Å². The molecule has 0 saturated carbocycles. The van der Waals surface area contributed by atoms with E-state index in [-0.39, 0.29) is 6.04 Å². The molecule has 0 aromatic heterocycles. The van der Waals surface area contributed by atoms with Crippen LogP contribution in [0.1, 0.15) is 33.9 Å². The molecule has 1 N–H and O–H groups in total. The zero-order valence-electron chi connectivity index (χ0n) is 13.3. The van der Waals surface area contributed by atoms with Crippen molar-refractivity contribution >= 4 is 15.9 Å². The molecule has 3 heteroatoms. The molecule has 0 bridgehead atoms. The fourth-order valence-corrected chi connectivity index (χ4v) is 3.12. The van der Waals surface area contributed by atoms with Gasteiger partial charge in [-0.05, 0) is 73.8 Å². The van der Waals surface area contributed by atoms with Crippen molar-refractivity contribution in [2.45, 2.75) is 26.8 Å². The van der Waals surface area contributed by atoms with Gasteiger partial charge in [0.2, 0.25) is 0 Å². The number of rotatable bonds is 4. The third kappa shape index (κ3) is 3.30. The molecule has 1 atom stereocenters.